The highest BCUT2D eigenvalue weighted by molar-refractivity contribution is 5.90. The number of nitrogens with one attached hydrogen (secondary N) is 1. The standard InChI is InChI=1S/C28H32N2O5/c1-27(2)14-15-30(23(27)24(31)32)25(33)28(12-7-13-28)17-29-26(34)35-16-22-20-10-5-3-8-18(20)19-9-4-6-11-21(19)22/h3-6,8-11,22-23H,7,12-17H2,1-2H3,(H,29,34)(H,31,32). The molecule has 2 aliphatic carbocycles. The predicted octanol–water partition coefficient (Wildman–Crippen LogP) is 4.41. The number of carbonyl (C=O) groups is 3. The topological polar surface area (TPSA) is 95.9 Å². The lowest BCUT2D eigenvalue weighted by Crippen LogP contribution is -2.57. The van der Waals surface area contributed by atoms with Crippen molar-refractivity contribution in [3.63, 3.8) is 0 Å². The summed E-state index contributed by atoms with van der Waals surface area (Å²) in [6.45, 7) is 4.58. The van der Waals surface area contributed by atoms with Gasteiger partial charge in [-0.3, -0.25) is 4.79 Å². The van der Waals surface area contributed by atoms with E-state index in [-0.39, 0.29) is 25.0 Å². The van der Waals surface area contributed by atoms with Crippen LogP contribution < -0.4 is 5.32 Å². The number of carboxylic acids is 1. The van der Waals surface area contributed by atoms with Crippen LogP contribution in [-0.4, -0.2) is 53.7 Å². The highest BCUT2D eigenvalue weighted by Crippen LogP contribution is 2.46. The minimum absolute atomic E-state index is 0.0319. The van der Waals surface area contributed by atoms with Gasteiger partial charge in [0.2, 0.25) is 5.91 Å². The Labute approximate surface area is 205 Å². The summed E-state index contributed by atoms with van der Waals surface area (Å²) >= 11 is 0. The number of fused-ring (bicyclic) bond motifs is 3. The third-order valence-electron chi connectivity index (χ3n) is 8.22. The van der Waals surface area contributed by atoms with Gasteiger partial charge in [-0.2, -0.15) is 0 Å². The summed E-state index contributed by atoms with van der Waals surface area (Å²) in [5.74, 6) is -1.17. The predicted molar refractivity (Wildman–Crippen MR) is 131 cm³/mol. The average Bonchev–Trinajstić information content (AvgIpc) is 3.30. The number of hydrogen-bond acceptors (Lipinski definition) is 4. The highest BCUT2D eigenvalue weighted by Gasteiger charge is 2.54. The highest BCUT2D eigenvalue weighted by atomic mass is 16.5. The Kier molecular flexibility index (Phi) is 5.82. The first kappa shape index (κ1) is 23.4. The van der Waals surface area contributed by atoms with Gasteiger partial charge in [-0.1, -0.05) is 68.8 Å². The minimum atomic E-state index is -0.972. The molecule has 2 N–H and O–H groups in total. The fraction of sp³-hybridized carbons (Fsp3) is 0.464. The molecule has 1 atom stereocenters. The molecule has 3 aliphatic rings. The number of amides is 2. The van der Waals surface area contributed by atoms with Crippen LogP contribution in [0.3, 0.4) is 0 Å². The summed E-state index contributed by atoms with van der Waals surface area (Å²) in [5, 5.41) is 12.6. The summed E-state index contributed by atoms with van der Waals surface area (Å²) in [6.07, 6.45) is 2.25. The van der Waals surface area contributed by atoms with Crippen molar-refractivity contribution in [2.75, 3.05) is 19.7 Å². The second-order valence-corrected chi connectivity index (χ2v) is 10.8. The van der Waals surface area contributed by atoms with E-state index < -0.39 is 28.9 Å². The lowest BCUT2D eigenvalue weighted by molar-refractivity contribution is -0.158. The van der Waals surface area contributed by atoms with Crippen molar-refractivity contribution in [2.45, 2.75) is 51.5 Å². The molecule has 2 aromatic carbocycles. The van der Waals surface area contributed by atoms with E-state index in [9.17, 15) is 19.5 Å². The molecule has 0 radical (unpaired) electrons. The van der Waals surface area contributed by atoms with E-state index in [0.717, 1.165) is 28.7 Å². The van der Waals surface area contributed by atoms with E-state index in [2.05, 4.69) is 29.6 Å². The van der Waals surface area contributed by atoms with Crippen LogP contribution in [0.15, 0.2) is 48.5 Å². The maximum atomic E-state index is 13.5. The van der Waals surface area contributed by atoms with Gasteiger partial charge in [0, 0.05) is 19.0 Å². The fourth-order valence-corrected chi connectivity index (χ4v) is 6.05. The van der Waals surface area contributed by atoms with Crippen LogP contribution in [0.25, 0.3) is 11.1 Å². The number of nitrogens with zero attached hydrogens (tertiary/aromatic N) is 1. The van der Waals surface area contributed by atoms with Gasteiger partial charge in [0.05, 0.1) is 5.41 Å². The molecular formula is C28H32N2O5. The van der Waals surface area contributed by atoms with Gasteiger partial charge in [0.1, 0.15) is 12.6 Å². The maximum Gasteiger partial charge on any atom is 0.407 e. The van der Waals surface area contributed by atoms with Crippen molar-refractivity contribution in [1.29, 1.82) is 0 Å². The van der Waals surface area contributed by atoms with E-state index in [1.165, 1.54) is 4.90 Å². The molecular weight excluding hydrogens is 444 g/mol. The molecule has 1 heterocycles. The summed E-state index contributed by atoms with van der Waals surface area (Å²) in [5.41, 5.74) is 3.38. The van der Waals surface area contributed by atoms with Crippen LogP contribution in [0.1, 0.15) is 56.6 Å². The Bertz CT molecular complexity index is 1120. The van der Waals surface area contributed by atoms with Gasteiger partial charge < -0.3 is 20.1 Å². The fourth-order valence-electron chi connectivity index (χ4n) is 6.05. The molecule has 2 aromatic rings. The number of aliphatic carboxylic acids is 1. The summed E-state index contributed by atoms with van der Waals surface area (Å²) in [7, 11) is 0. The number of rotatable bonds is 6. The third-order valence-corrected chi connectivity index (χ3v) is 8.22. The molecule has 0 spiro atoms. The number of ether oxygens (including phenoxy) is 1. The molecule has 7 heteroatoms. The minimum Gasteiger partial charge on any atom is -0.480 e. The van der Waals surface area contributed by atoms with Crippen LogP contribution >= 0.6 is 0 Å². The van der Waals surface area contributed by atoms with Gasteiger partial charge >= 0.3 is 12.1 Å². The number of carboxylic acid groups (broad SMARTS) is 1. The molecule has 1 aliphatic heterocycles. The number of carbonyl (C=O) groups excluding carboxylic acids is 2. The van der Waals surface area contributed by atoms with Crippen molar-refractivity contribution >= 4 is 18.0 Å². The molecule has 2 amide bonds. The molecule has 1 saturated heterocycles. The zero-order valence-electron chi connectivity index (χ0n) is 20.3. The van der Waals surface area contributed by atoms with Gasteiger partial charge in [0.15, 0.2) is 0 Å². The van der Waals surface area contributed by atoms with E-state index >= 15 is 0 Å². The molecule has 2 fully saturated rings. The first-order valence-corrected chi connectivity index (χ1v) is 12.4. The van der Waals surface area contributed by atoms with Crippen LogP contribution in [-0.2, 0) is 14.3 Å². The maximum absolute atomic E-state index is 13.5. The van der Waals surface area contributed by atoms with E-state index in [4.69, 9.17) is 4.74 Å². The van der Waals surface area contributed by atoms with Crippen molar-refractivity contribution in [2.24, 2.45) is 10.8 Å². The van der Waals surface area contributed by atoms with Crippen molar-refractivity contribution < 1.29 is 24.2 Å². The monoisotopic (exact) mass is 476 g/mol. The second-order valence-electron chi connectivity index (χ2n) is 10.8. The molecule has 7 nitrogen and oxygen atoms in total. The Morgan fingerprint density at radius 3 is 2.14 bits per heavy atom. The summed E-state index contributed by atoms with van der Waals surface area (Å²) < 4.78 is 5.63. The van der Waals surface area contributed by atoms with Gasteiger partial charge in [-0.15, -0.1) is 0 Å². The second kappa shape index (κ2) is 8.70. The molecule has 184 valence electrons. The van der Waals surface area contributed by atoms with Crippen molar-refractivity contribution in [3.05, 3.63) is 59.7 Å². The Morgan fingerprint density at radius 1 is 1.00 bits per heavy atom. The Hall–Kier alpha value is -3.35. The number of likely N-dealkylation sites (tertiary alicyclic amines) is 1. The molecule has 0 bridgehead atoms. The van der Waals surface area contributed by atoms with E-state index in [1.54, 1.807) is 0 Å². The summed E-state index contributed by atoms with van der Waals surface area (Å²) in [4.78, 5) is 39.6. The quantitative estimate of drug-likeness (QED) is 0.644. The molecule has 1 unspecified atom stereocenters. The van der Waals surface area contributed by atoms with Crippen LogP contribution in [0.4, 0.5) is 4.79 Å². The first-order valence-electron chi connectivity index (χ1n) is 12.4. The third kappa shape index (κ3) is 3.97. The van der Waals surface area contributed by atoms with Crippen LogP contribution in [0.5, 0.6) is 0 Å². The van der Waals surface area contributed by atoms with E-state index in [1.807, 2.05) is 38.1 Å². The molecule has 1 saturated carbocycles. The van der Waals surface area contributed by atoms with Gasteiger partial charge in [-0.25, -0.2) is 9.59 Å². The zero-order chi connectivity index (χ0) is 24.8. The van der Waals surface area contributed by atoms with Crippen molar-refractivity contribution in [3.8, 4) is 11.1 Å². The summed E-state index contributed by atoms with van der Waals surface area (Å²) in [6, 6.07) is 15.5. The number of alkyl carbamates (subject to hydrolysis) is 1. The lowest BCUT2D eigenvalue weighted by atomic mass is 9.67. The molecule has 35 heavy (non-hydrogen) atoms. The van der Waals surface area contributed by atoms with E-state index in [0.29, 0.717) is 25.8 Å². The average molecular weight is 477 g/mol. The normalized spacial score (nSPS) is 21.5. The molecule has 0 aromatic heterocycles. The lowest BCUT2D eigenvalue weighted by Gasteiger charge is -2.44. The SMILES string of the molecule is CC1(C)CCN(C(=O)C2(CNC(=O)OCC3c4ccccc4-c4ccccc43)CCC2)C1C(=O)O. The first-order chi connectivity index (χ1) is 16.7. The smallest absolute Gasteiger partial charge is 0.407 e. The number of hydrogen-bond donors (Lipinski definition) is 2. The zero-order valence-corrected chi connectivity index (χ0v) is 20.3. The van der Waals surface area contributed by atoms with Crippen LogP contribution in [0.2, 0.25) is 0 Å². The Balaban J connectivity index is 1.23. The number of benzene rings is 2. The molecule has 5 rings (SSSR count). The van der Waals surface area contributed by atoms with Crippen molar-refractivity contribution in [1.82, 2.24) is 10.2 Å². The largest absolute Gasteiger partial charge is 0.480 e. The van der Waals surface area contributed by atoms with Gasteiger partial charge in [-0.05, 0) is 46.9 Å². The van der Waals surface area contributed by atoms with Gasteiger partial charge in [0.25, 0.3) is 0 Å². The Morgan fingerprint density at radius 2 is 1.60 bits per heavy atom. The van der Waals surface area contributed by atoms with Crippen LogP contribution in [0, 0.1) is 10.8 Å².